The van der Waals surface area contributed by atoms with Crippen LogP contribution in [0.3, 0.4) is 0 Å². The molecule has 0 saturated carbocycles. The average Bonchev–Trinajstić information content (AvgIpc) is 2.31. The van der Waals surface area contributed by atoms with Crippen LogP contribution < -0.4 is 5.73 Å². The second kappa shape index (κ2) is 6.61. The summed E-state index contributed by atoms with van der Waals surface area (Å²) in [4.78, 5) is 15.3. The third kappa shape index (κ3) is 3.61. The molecular weight excluding hydrogens is 266 g/mol. The smallest absolute Gasteiger partial charge is 0.311 e. The van der Waals surface area contributed by atoms with E-state index in [1.165, 1.54) is 0 Å². The van der Waals surface area contributed by atoms with Crippen molar-refractivity contribution in [3.05, 3.63) is 28.0 Å². The Bertz CT molecular complexity index is 441. The van der Waals surface area contributed by atoms with E-state index in [9.17, 15) is 13.6 Å². The Balaban J connectivity index is 3.09. The van der Waals surface area contributed by atoms with E-state index in [1.54, 1.807) is 6.92 Å². The molecule has 1 heterocycles. The number of nitrogens with zero attached hydrogens (tertiary/aromatic N) is 1. The van der Waals surface area contributed by atoms with Crippen LogP contribution in [0.5, 0.6) is 0 Å². The summed E-state index contributed by atoms with van der Waals surface area (Å²) in [5.74, 6) is -0.568. The zero-order valence-corrected chi connectivity index (χ0v) is 10.5. The van der Waals surface area contributed by atoms with Gasteiger partial charge in [0.1, 0.15) is 0 Å². The number of carbonyl (C=O) groups is 1. The summed E-state index contributed by atoms with van der Waals surface area (Å²) in [5.41, 5.74) is 5.31. The Morgan fingerprint density at radius 3 is 2.78 bits per heavy atom. The first-order chi connectivity index (χ1) is 8.49. The second-order valence-corrected chi connectivity index (χ2v) is 3.83. The fourth-order valence-electron chi connectivity index (χ4n) is 1.39. The SMILES string of the molecule is CCOC(=O)Cc1nc(CN)cc(C(F)F)c1Cl. The Morgan fingerprint density at radius 1 is 1.61 bits per heavy atom. The monoisotopic (exact) mass is 278 g/mol. The van der Waals surface area contributed by atoms with Gasteiger partial charge in [-0.05, 0) is 13.0 Å². The number of rotatable bonds is 5. The van der Waals surface area contributed by atoms with Crippen LogP contribution in [-0.4, -0.2) is 17.6 Å². The molecule has 2 N–H and O–H groups in total. The van der Waals surface area contributed by atoms with Crippen molar-refractivity contribution in [3.8, 4) is 0 Å². The molecule has 1 aromatic rings. The number of halogens is 3. The van der Waals surface area contributed by atoms with Gasteiger partial charge in [-0.2, -0.15) is 0 Å². The van der Waals surface area contributed by atoms with Crippen LogP contribution in [-0.2, 0) is 22.5 Å². The molecule has 1 rings (SSSR count). The highest BCUT2D eigenvalue weighted by atomic mass is 35.5. The molecule has 1 aromatic heterocycles. The summed E-state index contributed by atoms with van der Waals surface area (Å²) in [5, 5.41) is -0.213. The molecule has 18 heavy (non-hydrogen) atoms. The molecule has 0 radical (unpaired) electrons. The van der Waals surface area contributed by atoms with Gasteiger partial charge >= 0.3 is 5.97 Å². The van der Waals surface area contributed by atoms with E-state index in [0.717, 1.165) is 6.07 Å². The van der Waals surface area contributed by atoms with Crippen LogP contribution in [0.15, 0.2) is 6.07 Å². The lowest BCUT2D eigenvalue weighted by atomic mass is 10.1. The normalized spacial score (nSPS) is 10.8. The van der Waals surface area contributed by atoms with Gasteiger partial charge in [-0.3, -0.25) is 9.78 Å². The lowest BCUT2D eigenvalue weighted by Gasteiger charge is -2.10. The molecule has 0 aliphatic heterocycles. The van der Waals surface area contributed by atoms with Crippen molar-refractivity contribution in [1.82, 2.24) is 4.98 Å². The summed E-state index contributed by atoms with van der Waals surface area (Å²) < 4.78 is 30.2. The summed E-state index contributed by atoms with van der Waals surface area (Å²) in [6.45, 7) is 1.84. The average molecular weight is 279 g/mol. The van der Waals surface area contributed by atoms with Crippen LogP contribution in [0.2, 0.25) is 5.02 Å². The van der Waals surface area contributed by atoms with Crippen molar-refractivity contribution < 1.29 is 18.3 Å². The predicted octanol–water partition coefficient (Wildman–Crippen LogP) is 2.24. The number of esters is 1. The van der Waals surface area contributed by atoms with Crippen LogP contribution >= 0.6 is 11.6 Å². The van der Waals surface area contributed by atoms with Crippen molar-refractivity contribution in [2.24, 2.45) is 5.73 Å². The molecule has 0 amide bonds. The van der Waals surface area contributed by atoms with E-state index < -0.39 is 12.4 Å². The van der Waals surface area contributed by atoms with Crippen molar-refractivity contribution in [2.75, 3.05) is 6.61 Å². The zero-order chi connectivity index (χ0) is 13.7. The van der Waals surface area contributed by atoms with Gasteiger partial charge in [0.2, 0.25) is 0 Å². The van der Waals surface area contributed by atoms with E-state index in [0.29, 0.717) is 0 Å². The maximum Gasteiger partial charge on any atom is 0.311 e. The van der Waals surface area contributed by atoms with E-state index in [1.807, 2.05) is 0 Å². The highest BCUT2D eigenvalue weighted by Gasteiger charge is 2.19. The number of nitrogens with two attached hydrogens (primary N) is 1. The summed E-state index contributed by atoms with van der Waals surface area (Å²) in [6, 6.07) is 1.14. The van der Waals surface area contributed by atoms with Crippen molar-refractivity contribution in [1.29, 1.82) is 0 Å². The third-order valence-electron chi connectivity index (χ3n) is 2.17. The molecule has 0 spiro atoms. The van der Waals surface area contributed by atoms with E-state index in [-0.39, 0.29) is 41.5 Å². The molecular formula is C11H13ClF2N2O2. The Kier molecular flexibility index (Phi) is 5.43. The molecule has 0 aliphatic rings. The molecule has 4 nitrogen and oxygen atoms in total. The van der Waals surface area contributed by atoms with Gasteiger partial charge in [-0.25, -0.2) is 8.78 Å². The quantitative estimate of drug-likeness (QED) is 0.839. The van der Waals surface area contributed by atoms with Crippen molar-refractivity contribution in [3.63, 3.8) is 0 Å². The highest BCUT2D eigenvalue weighted by Crippen LogP contribution is 2.30. The number of pyridine rings is 1. The lowest BCUT2D eigenvalue weighted by molar-refractivity contribution is -0.142. The maximum atomic E-state index is 12.7. The number of alkyl halides is 2. The number of hydrogen-bond acceptors (Lipinski definition) is 4. The first-order valence-corrected chi connectivity index (χ1v) is 5.69. The van der Waals surface area contributed by atoms with E-state index in [4.69, 9.17) is 22.1 Å². The number of hydrogen-bond donors (Lipinski definition) is 1. The Labute approximate surface area is 108 Å². The lowest BCUT2D eigenvalue weighted by Crippen LogP contribution is -2.12. The summed E-state index contributed by atoms with van der Waals surface area (Å²) in [7, 11) is 0. The molecule has 0 aliphatic carbocycles. The standard InChI is InChI=1S/C11H13ClF2N2O2/c1-2-18-9(17)4-8-10(12)7(11(13)14)3-6(5-15)16-8/h3,11H,2,4-5,15H2,1H3. The molecule has 0 aromatic carbocycles. The minimum atomic E-state index is -2.74. The Morgan fingerprint density at radius 2 is 2.28 bits per heavy atom. The molecule has 7 heteroatoms. The van der Waals surface area contributed by atoms with Gasteiger partial charge in [0.05, 0.1) is 29.4 Å². The van der Waals surface area contributed by atoms with E-state index >= 15 is 0 Å². The van der Waals surface area contributed by atoms with Gasteiger partial charge in [0.25, 0.3) is 6.43 Å². The molecule has 0 atom stereocenters. The summed E-state index contributed by atoms with van der Waals surface area (Å²) in [6.07, 6.45) is -2.99. The van der Waals surface area contributed by atoms with Crippen LogP contribution in [0, 0.1) is 0 Å². The first-order valence-electron chi connectivity index (χ1n) is 5.31. The number of carbonyl (C=O) groups excluding carboxylic acids is 1. The minimum Gasteiger partial charge on any atom is -0.466 e. The molecule has 0 saturated heterocycles. The molecule has 0 fully saturated rings. The molecule has 0 bridgehead atoms. The zero-order valence-electron chi connectivity index (χ0n) is 9.75. The van der Waals surface area contributed by atoms with Crippen LogP contribution in [0.25, 0.3) is 0 Å². The Hall–Kier alpha value is -1.27. The van der Waals surface area contributed by atoms with Gasteiger partial charge < -0.3 is 10.5 Å². The van der Waals surface area contributed by atoms with Crippen LogP contribution in [0.1, 0.15) is 30.3 Å². The predicted molar refractivity (Wildman–Crippen MR) is 62.4 cm³/mol. The fraction of sp³-hybridized carbons (Fsp3) is 0.455. The topological polar surface area (TPSA) is 65.2 Å². The fourth-order valence-corrected chi connectivity index (χ4v) is 1.64. The van der Waals surface area contributed by atoms with Crippen LogP contribution in [0.4, 0.5) is 8.78 Å². The largest absolute Gasteiger partial charge is 0.466 e. The highest BCUT2D eigenvalue weighted by molar-refractivity contribution is 6.32. The first kappa shape index (κ1) is 14.8. The van der Waals surface area contributed by atoms with E-state index in [2.05, 4.69) is 4.98 Å². The molecule has 0 unspecified atom stereocenters. The number of ether oxygens (including phenoxy) is 1. The van der Waals surface area contributed by atoms with Gasteiger partial charge in [0.15, 0.2) is 0 Å². The third-order valence-corrected chi connectivity index (χ3v) is 2.61. The van der Waals surface area contributed by atoms with Gasteiger partial charge in [0, 0.05) is 12.1 Å². The molecule has 100 valence electrons. The van der Waals surface area contributed by atoms with Crippen molar-refractivity contribution in [2.45, 2.75) is 26.3 Å². The van der Waals surface area contributed by atoms with Gasteiger partial charge in [-0.1, -0.05) is 11.6 Å². The van der Waals surface area contributed by atoms with Gasteiger partial charge in [-0.15, -0.1) is 0 Å². The second-order valence-electron chi connectivity index (χ2n) is 3.45. The summed E-state index contributed by atoms with van der Waals surface area (Å²) >= 11 is 5.79. The minimum absolute atomic E-state index is 0.00723. The number of aromatic nitrogens is 1. The van der Waals surface area contributed by atoms with Crippen molar-refractivity contribution >= 4 is 17.6 Å². The maximum absolute atomic E-state index is 12.7.